The van der Waals surface area contributed by atoms with Gasteiger partial charge in [0.15, 0.2) is 11.2 Å². The van der Waals surface area contributed by atoms with Crippen LogP contribution in [0.15, 0.2) is 54.3 Å². The Bertz CT molecular complexity index is 2410. The van der Waals surface area contributed by atoms with Crippen LogP contribution in [0.2, 0.25) is 0 Å². The van der Waals surface area contributed by atoms with E-state index in [-0.39, 0.29) is 23.8 Å². The predicted octanol–water partition coefficient (Wildman–Crippen LogP) is 0.708. The van der Waals surface area contributed by atoms with Crippen LogP contribution in [0, 0.1) is 14.0 Å². The number of phenols is 1. The lowest BCUT2D eigenvalue weighted by Gasteiger charge is -2.27. The van der Waals surface area contributed by atoms with Crippen molar-refractivity contribution in [2.45, 2.75) is 25.2 Å². The van der Waals surface area contributed by atoms with Crippen molar-refractivity contribution in [2.75, 3.05) is 7.11 Å². The number of hydrogen-bond donors (Lipinski definition) is 4. The standard InChI is InChI=1S/C30H20INO9/c1-3-4-5-6-11-9-13-16(29(40)32-11)26(37)21-12(22(13)31)7-8-30(21)27(38)19-20(28(30)39)25(36)18-17(24(19)35)14(33)10-15(41-2)23(18)34/h3-6,9-10,37-39H,7-8H2,1-2H3,(H,32,40)/b4-3+,6-5+. The second-order valence-electron chi connectivity index (χ2n) is 9.91. The molecule has 1 spiro atoms. The normalized spacial score (nSPS) is 18.0. The van der Waals surface area contributed by atoms with E-state index < -0.39 is 76.6 Å². The Kier molecular flexibility index (Phi) is 5.86. The second kappa shape index (κ2) is 8.99. The fourth-order valence-electron chi connectivity index (χ4n) is 6.17. The Labute approximate surface area is 242 Å². The highest BCUT2D eigenvalue weighted by Crippen LogP contribution is 2.55. The molecule has 0 saturated carbocycles. The maximum Gasteiger partial charge on any atom is 0.260 e. The van der Waals surface area contributed by atoms with Gasteiger partial charge in [-0.3, -0.25) is 24.0 Å². The molecule has 11 heteroatoms. The summed E-state index contributed by atoms with van der Waals surface area (Å²) in [4.78, 5) is 68.8. The lowest BCUT2D eigenvalue weighted by molar-refractivity contribution is 0.362. The Balaban J connectivity index is 1.78. The lowest BCUT2D eigenvalue weighted by Crippen LogP contribution is -2.51. The fraction of sp³-hybridized carbons (Fsp3) is 0.167. The third-order valence-corrected chi connectivity index (χ3v) is 9.19. The zero-order valence-electron chi connectivity index (χ0n) is 21.5. The molecule has 4 aliphatic carbocycles. The van der Waals surface area contributed by atoms with E-state index in [2.05, 4.69) is 4.98 Å². The quantitative estimate of drug-likeness (QED) is 0.182. The molecular formula is C30H20INO9. The molecule has 1 heterocycles. The first-order chi connectivity index (χ1) is 19.5. The van der Waals surface area contributed by atoms with Gasteiger partial charge in [0.25, 0.3) is 5.56 Å². The van der Waals surface area contributed by atoms with E-state index in [0.29, 0.717) is 20.2 Å². The minimum absolute atomic E-state index is 0.0200. The number of aromatic hydroxyl groups is 1. The number of aromatic nitrogens is 1. The van der Waals surface area contributed by atoms with E-state index in [9.17, 15) is 39.3 Å². The minimum Gasteiger partial charge on any atom is -0.510 e. The van der Waals surface area contributed by atoms with Gasteiger partial charge in [-0.15, -0.1) is 0 Å². The number of ether oxygens (including phenoxy) is 1. The molecule has 0 radical (unpaired) electrons. The minimum atomic E-state index is -1.95. The van der Waals surface area contributed by atoms with Gasteiger partial charge in [0.1, 0.15) is 22.7 Å². The highest BCUT2D eigenvalue weighted by molar-refractivity contribution is 14.1. The lowest BCUT2D eigenvalue weighted by atomic mass is 9.78. The molecule has 10 nitrogen and oxygen atoms in total. The molecule has 1 unspecified atom stereocenters. The van der Waals surface area contributed by atoms with Crippen LogP contribution in [0.3, 0.4) is 0 Å². The van der Waals surface area contributed by atoms with Gasteiger partial charge in [-0.05, 0) is 60.1 Å². The maximum absolute atomic E-state index is 13.6. The molecule has 4 aliphatic rings. The number of aromatic amines is 1. The van der Waals surface area contributed by atoms with Gasteiger partial charge in [0, 0.05) is 26.3 Å². The van der Waals surface area contributed by atoms with Crippen molar-refractivity contribution in [3.05, 3.63) is 123 Å². The Morgan fingerprint density at radius 2 is 1.59 bits per heavy atom. The average molecular weight is 665 g/mol. The van der Waals surface area contributed by atoms with E-state index in [1.807, 2.05) is 35.6 Å². The summed E-state index contributed by atoms with van der Waals surface area (Å²) in [7, 11) is 1.13. The molecule has 41 heavy (non-hydrogen) atoms. The van der Waals surface area contributed by atoms with Crippen LogP contribution < -0.4 is 42.4 Å². The molecule has 0 amide bonds. The fourth-order valence-corrected chi connectivity index (χ4v) is 7.14. The summed E-state index contributed by atoms with van der Waals surface area (Å²) in [6.45, 7) is 1.85. The molecule has 206 valence electrons. The number of pyridine rings is 1. The first kappa shape index (κ1) is 26.7. The number of H-pyrrole nitrogens is 1. The number of aliphatic hydroxyl groups excluding tert-OH is 2. The van der Waals surface area contributed by atoms with Crippen LogP contribution in [0.5, 0.6) is 11.5 Å². The van der Waals surface area contributed by atoms with Gasteiger partial charge in [-0.25, -0.2) is 0 Å². The Morgan fingerprint density at radius 1 is 0.927 bits per heavy atom. The third kappa shape index (κ3) is 3.26. The van der Waals surface area contributed by atoms with Crippen molar-refractivity contribution in [3.8, 4) is 11.5 Å². The number of allylic oxidation sites excluding steroid dienone is 3. The van der Waals surface area contributed by atoms with Crippen molar-refractivity contribution >= 4 is 51.0 Å². The molecule has 4 N–H and O–H groups in total. The topological polar surface area (TPSA) is 171 Å². The average Bonchev–Trinajstić information content (AvgIpc) is 3.45. The number of fused-ring (bicyclic) bond motifs is 4. The smallest absolute Gasteiger partial charge is 0.260 e. The predicted molar refractivity (Wildman–Crippen MR) is 160 cm³/mol. The third-order valence-electron chi connectivity index (χ3n) is 7.96. The van der Waals surface area contributed by atoms with Crippen molar-refractivity contribution in [1.82, 2.24) is 4.98 Å². The molecule has 2 aromatic rings. The van der Waals surface area contributed by atoms with E-state index in [4.69, 9.17) is 4.74 Å². The molecule has 0 saturated heterocycles. The number of aliphatic hydroxyl groups is 2. The summed E-state index contributed by atoms with van der Waals surface area (Å²) in [5.74, 6) is -2.44. The number of halogens is 1. The van der Waals surface area contributed by atoms with E-state index >= 15 is 0 Å². The van der Waals surface area contributed by atoms with Crippen LogP contribution in [-0.2, 0) is 11.8 Å². The zero-order chi connectivity index (χ0) is 29.5. The highest BCUT2D eigenvalue weighted by atomic mass is 127. The van der Waals surface area contributed by atoms with Crippen molar-refractivity contribution in [2.24, 2.45) is 0 Å². The molecule has 1 aromatic carbocycles. The van der Waals surface area contributed by atoms with Crippen LogP contribution in [0.4, 0.5) is 0 Å². The number of benzene rings is 1. The van der Waals surface area contributed by atoms with Gasteiger partial charge < -0.3 is 25.0 Å². The van der Waals surface area contributed by atoms with Gasteiger partial charge >= 0.3 is 0 Å². The number of hydrogen-bond acceptors (Lipinski definition) is 9. The van der Waals surface area contributed by atoms with Gasteiger partial charge in [0.2, 0.25) is 16.3 Å². The van der Waals surface area contributed by atoms with Crippen LogP contribution in [0.25, 0.3) is 28.4 Å². The summed E-state index contributed by atoms with van der Waals surface area (Å²) < 4.78 is 5.48. The molecular weight excluding hydrogens is 645 g/mol. The molecule has 6 rings (SSSR count). The monoisotopic (exact) mass is 665 g/mol. The van der Waals surface area contributed by atoms with Crippen molar-refractivity contribution in [3.63, 3.8) is 0 Å². The summed E-state index contributed by atoms with van der Waals surface area (Å²) in [5, 5.41) is 32.3. The van der Waals surface area contributed by atoms with E-state index in [1.54, 1.807) is 24.3 Å². The molecule has 1 atom stereocenters. The summed E-state index contributed by atoms with van der Waals surface area (Å²) in [5.41, 5.74) is -5.76. The molecule has 0 aliphatic heterocycles. The molecule has 0 bridgehead atoms. The van der Waals surface area contributed by atoms with Gasteiger partial charge in [-0.1, -0.05) is 18.2 Å². The molecule has 1 aromatic heterocycles. The number of rotatable bonds is 3. The van der Waals surface area contributed by atoms with E-state index in [1.165, 1.54) is 0 Å². The number of methoxy groups -OCH3 is 1. The second-order valence-corrected chi connectivity index (χ2v) is 11.0. The zero-order valence-corrected chi connectivity index (χ0v) is 23.7. The maximum atomic E-state index is 13.6. The van der Waals surface area contributed by atoms with Crippen LogP contribution in [-0.4, -0.2) is 27.4 Å². The summed E-state index contributed by atoms with van der Waals surface area (Å²) in [6.07, 6.45) is 7.17. The number of nitrogens with one attached hydrogen (secondary N) is 1. The Morgan fingerprint density at radius 3 is 2.22 bits per heavy atom. The van der Waals surface area contributed by atoms with Crippen LogP contribution in [0.1, 0.15) is 30.2 Å². The van der Waals surface area contributed by atoms with Crippen molar-refractivity contribution in [1.29, 1.82) is 0 Å². The summed E-state index contributed by atoms with van der Waals surface area (Å²) >= 11 is 2.02. The first-order valence-corrected chi connectivity index (χ1v) is 13.5. The van der Waals surface area contributed by atoms with Crippen molar-refractivity contribution < 1.29 is 20.1 Å². The number of phenolic OH excluding ortho intramolecular Hbond substituents is 1. The summed E-state index contributed by atoms with van der Waals surface area (Å²) in [6, 6.07) is 2.49. The van der Waals surface area contributed by atoms with Gasteiger partial charge in [0.05, 0.1) is 33.4 Å². The Hall–Kier alpha value is -4.52. The van der Waals surface area contributed by atoms with Gasteiger partial charge in [-0.2, -0.15) is 0 Å². The molecule has 0 fully saturated rings. The van der Waals surface area contributed by atoms with Crippen LogP contribution >= 0.6 is 22.6 Å². The first-order valence-electron chi connectivity index (χ1n) is 12.5. The highest BCUT2D eigenvalue weighted by Gasteiger charge is 2.53. The van der Waals surface area contributed by atoms with E-state index in [0.717, 1.165) is 13.2 Å². The largest absolute Gasteiger partial charge is 0.510 e. The SMILES string of the molecule is C/C=C/C=C/c1cc2c(I)c3c(c(O)c2c(=O)[nH]1)C1(CC3)C(O)=c2c(=O)c3c(=O)cc(OC)c(=O)c=3c(=O)c2=C1O.